The van der Waals surface area contributed by atoms with Crippen molar-refractivity contribution in [3.05, 3.63) is 48.0 Å². The summed E-state index contributed by atoms with van der Waals surface area (Å²) in [5, 5.41) is 2.84. The molecule has 0 radical (unpaired) electrons. The van der Waals surface area contributed by atoms with Crippen molar-refractivity contribution in [2.24, 2.45) is 23.7 Å². The maximum atomic E-state index is 12.7. The number of nitrogens with zero attached hydrogens (tertiary/aromatic N) is 1. The van der Waals surface area contributed by atoms with Crippen LogP contribution in [0.3, 0.4) is 0 Å². The molecule has 1 aromatic rings. The molecule has 3 amide bonds. The van der Waals surface area contributed by atoms with Crippen LogP contribution in [0.1, 0.15) is 24.8 Å². The number of carbonyl (C=O) groups excluding carboxylic acids is 3. The summed E-state index contributed by atoms with van der Waals surface area (Å²) in [7, 11) is 0. The number of hydrogen-bond acceptors (Lipinski definition) is 3. The van der Waals surface area contributed by atoms with Gasteiger partial charge < -0.3 is 5.32 Å². The molecule has 2 bridgehead atoms. The van der Waals surface area contributed by atoms with E-state index in [1.165, 1.54) is 4.90 Å². The molecule has 4 aliphatic rings. The highest BCUT2D eigenvalue weighted by molar-refractivity contribution is 6.06. The smallest absolute Gasteiger partial charge is 0.233 e. The van der Waals surface area contributed by atoms with E-state index in [4.69, 9.17) is 0 Å². The average Bonchev–Trinajstić information content (AvgIpc) is 2.93. The Balaban J connectivity index is 1.33. The molecular formula is C20H22N2O3. The fraction of sp³-hybridized carbons (Fsp3) is 0.450. The van der Waals surface area contributed by atoms with Crippen molar-refractivity contribution < 1.29 is 14.4 Å². The summed E-state index contributed by atoms with van der Waals surface area (Å²) in [4.78, 5) is 38.7. The maximum Gasteiger partial charge on any atom is 0.233 e. The largest absolute Gasteiger partial charge is 0.352 e. The molecule has 5 rings (SSSR count). The number of nitrogens with one attached hydrogen (secondary N) is 1. The van der Waals surface area contributed by atoms with Gasteiger partial charge in [0.25, 0.3) is 0 Å². The van der Waals surface area contributed by atoms with Crippen molar-refractivity contribution in [2.45, 2.75) is 25.8 Å². The molecule has 1 heterocycles. The minimum absolute atomic E-state index is 0.0788. The van der Waals surface area contributed by atoms with Gasteiger partial charge in [0.1, 0.15) is 0 Å². The Morgan fingerprint density at radius 2 is 1.60 bits per heavy atom. The number of hydrogen-bond donors (Lipinski definition) is 1. The molecule has 0 spiro atoms. The van der Waals surface area contributed by atoms with Crippen LogP contribution >= 0.6 is 0 Å². The van der Waals surface area contributed by atoms with E-state index in [-0.39, 0.29) is 54.4 Å². The summed E-state index contributed by atoms with van der Waals surface area (Å²) in [6.07, 6.45) is 6.36. The quantitative estimate of drug-likeness (QED) is 0.659. The van der Waals surface area contributed by atoms with Crippen LogP contribution in [0.4, 0.5) is 0 Å². The third-order valence-corrected chi connectivity index (χ3v) is 5.75. The molecule has 25 heavy (non-hydrogen) atoms. The lowest BCUT2D eigenvalue weighted by Crippen LogP contribution is -2.38. The summed E-state index contributed by atoms with van der Waals surface area (Å²) < 4.78 is 0. The Morgan fingerprint density at radius 1 is 1.00 bits per heavy atom. The first-order chi connectivity index (χ1) is 12.1. The number of likely N-dealkylation sites (tertiary alicyclic amines) is 1. The van der Waals surface area contributed by atoms with Crippen LogP contribution in [0.2, 0.25) is 0 Å². The molecule has 1 saturated heterocycles. The van der Waals surface area contributed by atoms with Crippen molar-refractivity contribution in [2.75, 3.05) is 6.54 Å². The fourth-order valence-corrected chi connectivity index (χ4v) is 4.45. The molecule has 5 nitrogen and oxygen atoms in total. The van der Waals surface area contributed by atoms with Gasteiger partial charge in [0, 0.05) is 19.5 Å². The zero-order valence-electron chi connectivity index (χ0n) is 14.1. The Labute approximate surface area is 147 Å². The summed E-state index contributed by atoms with van der Waals surface area (Å²) in [6, 6.07) is 9.67. The van der Waals surface area contributed by atoms with Gasteiger partial charge >= 0.3 is 0 Å². The zero-order valence-corrected chi connectivity index (χ0v) is 14.1. The van der Waals surface area contributed by atoms with Gasteiger partial charge in [0.05, 0.1) is 11.8 Å². The van der Waals surface area contributed by atoms with Crippen molar-refractivity contribution in [1.29, 1.82) is 0 Å². The average molecular weight is 338 g/mol. The number of carbonyl (C=O) groups is 3. The van der Waals surface area contributed by atoms with Crippen molar-refractivity contribution in [3.8, 4) is 0 Å². The van der Waals surface area contributed by atoms with Crippen LogP contribution in [0.25, 0.3) is 0 Å². The fourth-order valence-electron chi connectivity index (χ4n) is 4.45. The summed E-state index contributed by atoms with van der Waals surface area (Å²) in [6.45, 7) is 0.644. The van der Waals surface area contributed by atoms with E-state index in [0.29, 0.717) is 6.54 Å². The van der Waals surface area contributed by atoms with Gasteiger partial charge in [-0.3, -0.25) is 19.3 Å². The van der Waals surface area contributed by atoms with Crippen LogP contribution in [-0.4, -0.2) is 29.2 Å². The summed E-state index contributed by atoms with van der Waals surface area (Å²) in [5.41, 5.74) is 1.03. The van der Waals surface area contributed by atoms with Gasteiger partial charge in [-0.25, -0.2) is 0 Å². The van der Waals surface area contributed by atoms with Crippen LogP contribution in [0.15, 0.2) is 42.5 Å². The molecule has 1 N–H and O–H groups in total. The number of amides is 3. The number of benzene rings is 1. The third kappa shape index (κ3) is 2.88. The predicted molar refractivity (Wildman–Crippen MR) is 92.0 cm³/mol. The molecule has 3 aliphatic carbocycles. The Morgan fingerprint density at radius 3 is 2.16 bits per heavy atom. The topological polar surface area (TPSA) is 66.5 Å². The Hall–Kier alpha value is -2.43. The highest BCUT2D eigenvalue weighted by Crippen LogP contribution is 2.49. The summed E-state index contributed by atoms with van der Waals surface area (Å²) >= 11 is 0. The van der Waals surface area contributed by atoms with E-state index >= 15 is 0 Å². The number of imide groups is 1. The molecule has 1 aliphatic heterocycles. The van der Waals surface area contributed by atoms with Crippen molar-refractivity contribution in [3.63, 3.8) is 0 Å². The van der Waals surface area contributed by atoms with E-state index in [0.717, 1.165) is 18.4 Å². The molecule has 4 unspecified atom stereocenters. The normalized spacial score (nSPS) is 29.8. The third-order valence-electron chi connectivity index (χ3n) is 5.75. The lowest BCUT2D eigenvalue weighted by molar-refractivity contribution is -0.140. The molecule has 1 saturated carbocycles. The van der Waals surface area contributed by atoms with Crippen LogP contribution < -0.4 is 5.32 Å². The monoisotopic (exact) mass is 338 g/mol. The van der Waals surface area contributed by atoms with Gasteiger partial charge in [0.2, 0.25) is 17.7 Å². The van der Waals surface area contributed by atoms with Crippen molar-refractivity contribution >= 4 is 17.7 Å². The molecular weight excluding hydrogens is 316 g/mol. The lowest BCUT2D eigenvalue weighted by Gasteiger charge is -2.38. The maximum absolute atomic E-state index is 12.7. The number of fused-ring (bicyclic) bond motifs is 1. The van der Waals surface area contributed by atoms with E-state index in [2.05, 4.69) is 17.5 Å². The molecule has 2 fully saturated rings. The van der Waals surface area contributed by atoms with Crippen LogP contribution in [0, 0.1) is 23.7 Å². The van der Waals surface area contributed by atoms with E-state index in [1.807, 2.05) is 30.3 Å². The van der Waals surface area contributed by atoms with Gasteiger partial charge in [-0.05, 0) is 30.2 Å². The van der Waals surface area contributed by atoms with Crippen LogP contribution in [0.5, 0.6) is 0 Å². The first-order valence-corrected chi connectivity index (χ1v) is 8.99. The zero-order chi connectivity index (χ0) is 17.4. The second-order valence-corrected chi connectivity index (χ2v) is 7.18. The minimum Gasteiger partial charge on any atom is -0.352 e. The predicted octanol–water partition coefficient (Wildman–Crippen LogP) is 1.89. The highest BCUT2D eigenvalue weighted by Gasteiger charge is 2.56. The minimum atomic E-state index is -0.191. The van der Waals surface area contributed by atoms with Crippen LogP contribution in [-0.2, 0) is 20.9 Å². The Bertz CT molecular complexity index is 696. The van der Waals surface area contributed by atoms with E-state index < -0.39 is 0 Å². The molecule has 1 aromatic carbocycles. The Kier molecular flexibility index (Phi) is 4.15. The van der Waals surface area contributed by atoms with Gasteiger partial charge in [-0.15, -0.1) is 0 Å². The molecule has 130 valence electrons. The van der Waals surface area contributed by atoms with Gasteiger partial charge in [-0.1, -0.05) is 42.5 Å². The van der Waals surface area contributed by atoms with E-state index in [1.54, 1.807) is 0 Å². The van der Waals surface area contributed by atoms with Gasteiger partial charge in [0.15, 0.2) is 0 Å². The number of rotatable bonds is 5. The first kappa shape index (κ1) is 16.1. The standard InChI is InChI=1S/C20H22N2O3/c23-16(21-12-13-4-2-1-3-5-13)10-11-22-19(24)17-14-6-7-15(9-8-14)18(17)20(22)25/h1-7,14-15,17-18H,8-12H2,(H,21,23). The highest BCUT2D eigenvalue weighted by atomic mass is 16.2. The number of allylic oxidation sites excluding steroid dienone is 2. The molecule has 5 heteroatoms. The molecule has 4 atom stereocenters. The van der Waals surface area contributed by atoms with Gasteiger partial charge in [-0.2, -0.15) is 0 Å². The van der Waals surface area contributed by atoms with E-state index in [9.17, 15) is 14.4 Å². The van der Waals surface area contributed by atoms with Crippen molar-refractivity contribution in [1.82, 2.24) is 10.2 Å². The molecule has 0 aromatic heterocycles. The summed E-state index contributed by atoms with van der Waals surface area (Å²) in [5.74, 6) is -0.283. The lowest BCUT2D eigenvalue weighted by atomic mass is 9.63. The second kappa shape index (κ2) is 6.47. The second-order valence-electron chi connectivity index (χ2n) is 7.18. The first-order valence-electron chi connectivity index (χ1n) is 8.99. The SMILES string of the molecule is O=C(CCN1C(=O)C2C3C=CC(CC3)C2C1=O)NCc1ccccc1.